The molecule has 1 atom stereocenters. The van der Waals surface area contributed by atoms with E-state index in [-0.39, 0.29) is 11.8 Å². The van der Waals surface area contributed by atoms with E-state index in [0.29, 0.717) is 19.6 Å². The standard InChI is InChI=1S/C14H19N3O2/c15-14(19)17-8-4-7-12(10-17)13(18)16-9-11-5-2-1-3-6-11/h1-3,5-6,12H,4,7-10H2,(H2,15,19)(H,16,18)/t12-/m0/s1. The van der Waals surface area contributed by atoms with Crippen LogP contribution in [0.3, 0.4) is 0 Å². The number of carbonyl (C=O) groups is 2. The van der Waals surface area contributed by atoms with E-state index in [9.17, 15) is 9.59 Å². The summed E-state index contributed by atoms with van der Waals surface area (Å²) >= 11 is 0. The summed E-state index contributed by atoms with van der Waals surface area (Å²) in [4.78, 5) is 24.7. The van der Waals surface area contributed by atoms with Gasteiger partial charge in [-0.1, -0.05) is 30.3 Å². The molecule has 3 amide bonds. The zero-order chi connectivity index (χ0) is 13.7. The largest absolute Gasteiger partial charge is 0.352 e. The van der Waals surface area contributed by atoms with Crippen molar-refractivity contribution in [2.45, 2.75) is 19.4 Å². The van der Waals surface area contributed by atoms with Crippen LogP contribution < -0.4 is 11.1 Å². The minimum Gasteiger partial charge on any atom is -0.352 e. The lowest BCUT2D eigenvalue weighted by Gasteiger charge is -2.30. The maximum Gasteiger partial charge on any atom is 0.314 e. The van der Waals surface area contributed by atoms with Crippen LogP contribution >= 0.6 is 0 Å². The topological polar surface area (TPSA) is 75.4 Å². The Morgan fingerprint density at radius 3 is 2.74 bits per heavy atom. The number of nitrogens with two attached hydrogens (primary N) is 1. The van der Waals surface area contributed by atoms with Crippen molar-refractivity contribution in [1.82, 2.24) is 10.2 Å². The second-order valence-corrected chi connectivity index (χ2v) is 4.83. The van der Waals surface area contributed by atoms with E-state index in [1.54, 1.807) is 0 Å². The molecule has 0 radical (unpaired) electrons. The van der Waals surface area contributed by atoms with Gasteiger partial charge in [-0.3, -0.25) is 4.79 Å². The number of piperidine rings is 1. The molecule has 0 aromatic heterocycles. The number of rotatable bonds is 3. The molecule has 0 saturated carbocycles. The Bertz CT molecular complexity index is 447. The normalized spacial score (nSPS) is 18.9. The number of benzene rings is 1. The molecule has 3 N–H and O–H groups in total. The summed E-state index contributed by atoms with van der Waals surface area (Å²) < 4.78 is 0. The predicted molar refractivity (Wildman–Crippen MR) is 72.2 cm³/mol. The number of likely N-dealkylation sites (tertiary alicyclic amines) is 1. The predicted octanol–water partition coefficient (Wildman–Crippen LogP) is 1.09. The first kappa shape index (κ1) is 13.4. The van der Waals surface area contributed by atoms with Crippen molar-refractivity contribution in [3.05, 3.63) is 35.9 Å². The Morgan fingerprint density at radius 2 is 2.05 bits per heavy atom. The minimum absolute atomic E-state index is 0.00481. The number of primary amides is 1. The summed E-state index contributed by atoms with van der Waals surface area (Å²) in [6.45, 7) is 1.60. The molecular formula is C14H19N3O2. The van der Waals surface area contributed by atoms with Crippen LogP contribution in [0.4, 0.5) is 4.79 Å². The molecule has 0 bridgehead atoms. The van der Waals surface area contributed by atoms with Crippen molar-refractivity contribution in [2.75, 3.05) is 13.1 Å². The third kappa shape index (κ3) is 3.71. The van der Waals surface area contributed by atoms with Gasteiger partial charge < -0.3 is 16.0 Å². The van der Waals surface area contributed by atoms with Crippen LogP contribution in [0.25, 0.3) is 0 Å². The van der Waals surface area contributed by atoms with E-state index < -0.39 is 6.03 Å². The highest BCUT2D eigenvalue weighted by Gasteiger charge is 2.27. The van der Waals surface area contributed by atoms with Gasteiger partial charge in [-0.05, 0) is 18.4 Å². The first-order valence-corrected chi connectivity index (χ1v) is 6.53. The molecule has 1 aliphatic rings. The Hall–Kier alpha value is -2.04. The molecule has 1 aromatic rings. The fourth-order valence-electron chi connectivity index (χ4n) is 2.32. The van der Waals surface area contributed by atoms with Gasteiger partial charge in [-0.2, -0.15) is 0 Å². The number of hydrogen-bond donors (Lipinski definition) is 2. The van der Waals surface area contributed by atoms with Gasteiger partial charge in [0.05, 0.1) is 5.92 Å². The number of nitrogens with one attached hydrogen (secondary N) is 1. The average Bonchev–Trinajstić information content (AvgIpc) is 2.46. The highest BCUT2D eigenvalue weighted by molar-refractivity contribution is 5.80. The van der Waals surface area contributed by atoms with E-state index in [1.807, 2.05) is 30.3 Å². The van der Waals surface area contributed by atoms with Gasteiger partial charge in [0.25, 0.3) is 0 Å². The van der Waals surface area contributed by atoms with Crippen LogP contribution in [0.2, 0.25) is 0 Å². The first-order chi connectivity index (χ1) is 9.16. The van der Waals surface area contributed by atoms with E-state index in [1.165, 1.54) is 4.90 Å². The van der Waals surface area contributed by atoms with Crippen LogP contribution in [0.15, 0.2) is 30.3 Å². The number of amides is 3. The summed E-state index contributed by atoms with van der Waals surface area (Å²) in [5.74, 6) is -0.153. The zero-order valence-electron chi connectivity index (χ0n) is 10.8. The number of hydrogen-bond acceptors (Lipinski definition) is 2. The highest BCUT2D eigenvalue weighted by atomic mass is 16.2. The maximum atomic E-state index is 12.0. The fourth-order valence-corrected chi connectivity index (χ4v) is 2.32. The molecule has 0 aliphatic carbocycles. The van der Waals surface area contributed by atoms with E-state index in [2.05, 4.69) is 5.32 Å². The second kappa shape index (κ2) is 6.22. The Kier molecular flexibility index (Phi) is 4.39. The molecule has 1 aromatic carbocycles. The van der Waals surface area contributed by atoms with Gasteiger partial charge >= 0.3 is 6.03 Å². The van der Waals surface area contributed by atoms with Gasteiger partial charge in [-0.25, -0.2) is 4.79 Å². The summed E-state index contributed by atoms with van der Waals surface area (Å²) in [7, 11) is 0. The molecule has 2 rings (SSSR count). The molecular weight excluding hydrogens is 242 g/mol. The lowest BCUT2D eigenvalue weighted by Crippen LogP contribution is -2.47. The van der Waals surface area contributed by atoms with Crippen molar-refractivity contribution in [2.24, 2.45) is 11.7 Å². The number of urea groups is 1. The van der Waals surface area contributed by atoms with Gasteiger partial charge in [0.1, 0.15) is 0 Å². The maximum absolute atomic E-state index is 12.0. The third-order valence-corrected chi connectivity index (χ3v) is 3.41. The lowest BCUT2D eigenvalue weighted by molar-refractivity contribution is -0.126. The summed E-state index contributed by atoms with van der Waals surface area (Å²) in [5.41, 5.74) is 6.32. The summed E-state index contributed by atoms with van der Waals surface area (Å²) in [5, 5.41) is 2.91. The van der Waals surface area contributed by atoms with Crippen LogP contribution in [-0.2, 0) is 11.3 Å². The van der Waals surface area contributed by atoms with Crippen LogP contribution in [0.5, 0.6) is 0 Å². The third-order valence-electron chi connectivity index (χ3n) is 3.41. The first-order valence-electron chi connectivity index (χ1n) is 6.53. The minimum atomic E-state index is -0.444. The number of carbonyl (C=O) groups excluding carboxylic acids is 2. The van der Waals surface area contributed by atoms with Gasteiger partial charge in [0, 0.05) is 19.6 Å². The molecule has 1 saturated heterocycles. The van der Waals surface area contributed by atoms with Gasteiger partial charge in [0.15, 0.2) is 0 Å². The van der Waals surface area contributed by atoms with Gasteiger partial charge in [-0.15, -0.1) is 0 Å². The van der Waals surface area contributed by atoms with Crippen molar-refractivity contribution in [1.29, 1.82) is 0 Å². The monoisotopic (exact) mass is 261 g/mol. The molecule has 0 unspecified atom stereocenters. The van der Waals surface area contributed by atoms with Gasteiger partial charge in [0.2, 0.25) is 5.91 Å². The summed E-state index contributed by atoms with van der Waals surface area (Å²) in [6.07, 6.45) is 1.64. The van der Waals surface area contributed by atoms with Crippen molar-refractivity contribution < 1.29 is 9.59 Å². The smallest absolute Gasteiger partial charge is 0.314 e. The molecule has 1 fully saturated rings. The van der Waals surface area contributed by atoms with E-state index in [0.717, 1.165) is 18.4 Å². The Labute approximate surface area is 112 Å². The lowest BCUT2D eigenvalue weighted by atomic mass is 9.97. The zero-order valence-corrected chi connectivity index (χ0v) is 10.8. The summed E-state index contributed by atoms with van der Waals surface area (Å²) in [6, 6.07) is 9.32. The Balaban J connectivity index is 1.84. The van der Waals surface area contributed by atoms with E-state index >= 15 is 0 Å². The Morgan fingerprint density at radius 1 is 1.32 bits per heavy atom. The molecule has 1 heterocycles. The molecule has 19 heavy (non-hydrogen) atoms. The van der Waals surface area contributed by atoms with Crippen LogP contribution in [0, 0.1) is 5.92 Å². The van der Waals surface area contributed by atoms with Crippen molar-refractivity contribution in [3.63, 3.8) is 0 Å². The van der Waals surface area contributed by atoms with Crippen molar-refractivity contribution >= 4 is 11.9 Å². The molecule has 1 aliphatic heterocycles. The molecule has 102 valence electrons. The fraction of sp³-hybridized carbons (Fsp3) is 0.429. The average molecular weight is 261 g/mol. The molecule has 0 spiro atoms. The number of nitrogens with zero attached hydrogens (tertiary/aromatic N) is 1. The van der Waals surface area contributed by atoms with Crippen molar-refractivity contribution in [3.8, 4) is 0 Å². The van der Waals surface area contributed by atoms with Crippen LogP contribution in [0.1, 0.15) is 18.4 Å². The second-order valence-electron chi connectivity index (χ2n) is 4.83. The molecule has 5 heteroatoms. The molecule has 5 nitrogen and oxygen atoms in total. The SMILES string of the molecule is NC(=O)N1CCC[C@H](C(=O)NCc2ccccc2)C1. The van der Waals surface area contributed by atoms with Crippen LogP contribution in [-0.4, -0.2) is 29.9 Å². The highest BCUT2D eigenvalue weighted by Crippen LogP contribution is 2.16. The van der Waals surface area contributed by atoms with E-state index in [4.69, 9.17) is 5.73 Å². The quantitative estimate of drug-likeness (QED) is 0.854.